The zero-order valence-electron chi connectivity index (χ0n) is 11.8. The average molecular weight is 281 g/mol. The molecule has 5 heteroatoms. The molecule has 1 unspecified atom stereocenters. The lowest BCUT2D eigenvalue weighted by atomic mass is 9.98. The molecule has 0 aromatic carbocycles. The highest BCUT2D eigenvalue weighted by molar-refractivity contribution is 7.09. The van der Waals surface area contributed by atoms with E-state index < -0.39 is 0 Å². The molecule has 1 aromatic heterocycles. The molecule has 4 nitrogen and oxygen atoms in total. The van der Waals surface area contributed by atoms with Crippen molar-refractivity contribution in [3.8, 4) is 0 Å². The first-order valence-electron chi connectivity index (χ1n) is 7.05. The number of amides is 1. The first-order valence-corrected chi connectivity index (χ1v) is 7.93. The number of carbonyl (C=O) groups excluding carboxylic acids is 1. The van der Waals surface area contributed by atoms with Crippen LogP contribution in [0.25, 0.3) is 0 Å². The molecule has 1 saturated heterocycles. The fourth-order valence-corrected chi connectivity index (χ4v) is 3.46. The third-order valence-corrected chi connectivity index (χ3v) is 4.70. The normalized spacial score (nSPS) is 19.7. The van der Waals surface area contributed by atoms with Gasteiger partial charge in [0.15, 0.2) is 0 Å². The molecule has 1 amide bonds. The van der Waals surface area contributed by atoms with E-state index in [2.05, 4.69) is 15.7 Å². The predicted molar refractivity (Wildman–Crippen MR) is 78.6 cm³/mol. The van der Waals surface area contributed by atoms with E-state index in [0.717, 1.165) is 44.6 Å². The highest BCUT2D eigenvalue weighted by Crippen LogP contribution is 2.29. The zero-order chi connectivity index (χ0) is 13.7. The Bertz CT molecular complexity index is 419. The standard InChI is InChI=1S/C14H23N3OS/c1-11-10-19-14(16-11)12-5-4-8-17(9-12)13(18)6-3-7-15-2/h10,12,15H,3-9H2,1-2H3. The number of piperidine rings is 1. The largest absolute Gasteiger partial charge is 0.342 e. The summed E-state index contributed by atoms with van der Waals surface area (Å²) in [5.74, 6) is 0.744. The van der Waals surface area contributed by atoms with Crippen molar-refractivity contribution in [2.45, 2.75) is 38.5 Å². The van der Waals surface area contributed by atoms with E-state index in [4.69, 9.17) is 0 Å². The van der Waals surface area contributed by atoms with Crippen LogP contribution < -0.4 is 5.32 Å². The molecule has 0 radical (unpaired) electrons. The monoisotopic (exact) mass is 281 g/mol. The summed E-state index contributed by atoms with van der Waals surface area (Å²) in [5.41, 5.74) is 1.09. The van der Waals surface area contributed by atoms with E-state index in [1.807, 2.05) is 18.9 Å². The third-order valence-electron chi connectivity index (χ3n) is 3.58. The van der Waals surface area contributed by atoms with Crippen LogP contribution in [0.2, 0.25) is 0 Å². The van der Waals surface area contributed by atoms with Crippen molar-refractivity contribution < 1.29 is 4.79 Å². The maximum absolute atomic E-state index is 12.1. The van der Waals surface area contributed by atoms with Gasteiger partial charge in [0.2, 0.25) is 5.91 Å². The Balaban J connectivity index is 1.88. The summed E-state index contributed by atoms with van der Waals surface area (Å²) in [6.07, 6.45) is 3.84. The molecule has 1 aliphatic rings. The van der Waals surface area contributed by atoms with Crippen LogP contribution in [-0.2, 0) is 4.79 Å². The fourth-order valence-electron chi connectivity index (χ4n) is 2.54. The molecule has 2 rings (SSSR count). The van der Waals surface area contributed by atoms with Crippen molar-refractivity contribution in [1.29, 1.82) is 0 Å². The van der Waals surface area contributed by atoms with Gasteiger partial charge in [-0.25, -0.2) is 4.98 Å². The molecule has 0 saturated carbocycles. The van der Waals surface area contributed by atoms with Crippen molar-refractivity contribution in [2.75, 3.05) is 26.7 Å². The van der Waals surface area contributed by atoms with Crippen molar-refractivity contribution in [3.63, 3.8) is 0 Å². The second kappa shape index (κ2) is 7.01. The summed E-state index contributed by atoms with van der Waals surface area (Å²) < 4.78 is 0. The second-order valence-corrected chi connectivity index (χ2v) is 6.10. The number of aryl methyl sites for hydroxylation is 1. The minimum atomic E-state index is 0.299. The molecule has 0 bridgehead atoms. The number of nitrogens with one attached hydrogen (secondary N) is 1. The molecule has 19 heavy (non-hydrogen) atoms. The van der Waals surface area contributed by atoms with Crippen molar-refractivity contribution in [2.24, 2.45) is 0 Å². The lowest BCUT2D eigenvalue weighted by Crippen LogP contribution is -2.39. The van der Waals surface area contributed by atoms with Crippen LogP contribution in [-0.4, -0.2) is 42.5 Å². The molecule has 0 spiro atoms. The summed E-state index contributed by atoms with van der Waals surface area (Å²) >= 11 is 1.73. The van der Waals surface area contributed by atoms with Crippen LogP contribution in [0.3, 0.4) is 0 Å². The summed E-state index contributed by atoms with van der Waals surface area (Å²) in [4.78, 5) is 18.7. The Hall–Kier alpha value is -0.940. The van der Waals surface area contributed by atoms with Gasteiger partial charge in [0.05, 0.1) is 5.01 Å². The van der Waals surface area contributed by atoms with E-state index >= 15 is 0 Å². The third kappa shape index (κ3) is 4.01. The van der Waals surface area contributed by atoms with E-state index in [-0.39, 0.29) is 0 Å². The summed E-state index contributed by atoms with van der Waals surface area (Å²) in [5, 5.41) is 6.38. The molecule has 1 aliphatic heterocycles. The fraction of sp³-hybridized carbons (Fsp3) is 0.714. The van der Waals surface area contributed by atoms with Crippen molar-refractivity contribution in [1.82, 2.24) is 15.2 Å². The molecule has 1 atom stereocenters. The van der Waals surface area contributed by atoms with E-state index in [1.165, 1.54) is 5.01 Å². The number of likely N-dealkylation sites (tertiary alicyclic amines) is 1. The van der Waals surface area contributed by atoms with E-state index in [0.29, 0.717) is 18.2 Å². The van der Waals surface area contributed by atoms with Crippen LogP contribution >= 0.6 is 11.3 Å². The maximum atomic E-state index is 12.1. The predicted octanol–water partition coefficient (Wildman–Crippen LogP) is 2.16. The van der Waals surface area contributed by atoms with Gasteiger partial charge < -0.3 is 10.2 Å². The second-order valence-electron chi connectivity index (χ2n) is 5.21. The molecular weight excluding hydrogens is 258 g/mol. The topological polar surface area (TPSA) is 45.2 Å². The molecule has 1 aromatic rings. The Kier molecular flexibility index (Phi) is 5.34. The zero-order valence-corrected chi connectivity index (χ0v) is 12.6. The Morgan fingerprint density at radius 2 is 2.47 bits per heavy atom. The lowest BCUT2D eigenvalue weighted by molar-refractivity contribution is -0.132. The number of nitrogens with zero attached hydrogens (tertiary/aromatic N) is 2. The first-order chi connectivity index (χ1) is 9.20. The SMILES string of the molecule is CNCCCC(=O)N1CCCC(c2nc(C)cs2)C1. The van der Waals surface area contributed by atoms with Gasteiger partial charge in [-0.2, -0.15) is 0 Å². The van der Waals surface area contributed by atoms with Crippen LogP contribution in [0.5, 0.6) is 0 Å². The van der Waals surface area contributed by atoms with Gasteiger partial charge in [-0.15, -0.1) is 11.3 Å². The van der Waals surface area contributed by atoms with Crippen LogP contribution in [0.1, 0.15) is 42.3 Å². The maximum Gasteiger partial charge on any atom is 0.222 e. The summed E-state index contributed by atoms with van der Waals surface area (Å²) in [7, 11) is 1.92. The van der Waals surface area contributed by atoms with E-state index in [9.17, 15) is 4.79 Å². The molecule has 1 N–H and O–H groups in total. The lowest BCUT2D eigenvalue weighted by Gasteiger charge is -2.32. The summed E-state index contributed by atoms with van der Waals surface area (Å²) in [6, 6.07) is 0. The quantitative estimate of drug-likeness (QED) is 0.841. The molecule has 0 aliphatic carbocycles. The average Bonchev–Trinajstić information content (AvgIpc) is 2.86. The van der Waals surface area contributed by atoms with Crippen LogP contribution in [0.4, 0.5) is 0 Å². The van der Waals surface area contributed by atoms with Gasteiger partial charge in [0.1, 0.15) is 0 Å². The number of aromatic nitrogens is 1. The molecule has 2 heterocycles. The minimum Gasteiger partial charge on any atom is -0.342 e. The summed E-state index contributed by atoms with van der Waals surface area (Å²) in [6.45, 7) is 4.71. The Labute approximate surface area is 119 Å². The number of rotatable bonds is 5. The molecular formula is C14H23N3OS. The van der Waals surface area contributed by atoms with Crippen molar-refractivity contribution >= 4 is 17.2 Å². The van der Waals surface area contributed by atoms with Gasteiger partial charge in [-0.3, -0.25) is 4.79 Å². The van der Waals surface area contributed by atoms with Crippen LogP contribution in [0, 0.1) is 6.92 Å². The number of hydrogen-bond donors (Lipinski definition) is 1. The molecule has 1 fully saturated rings. The van der Waals surface area contributed by atoms with Crippen molar-refractivity contribution in [3.05, 3.63) is 16.1 Å². The highest BCUT2D eigenvalue weighted by atomic mass is 32.1. The van der Waals surface area contributed by atoms with Gasteiger partial charge in [0, 0.05) is 36.5 Å². The minimum absolute atomic E-state index is 0.299. The molecule has 106 valence electrons. The smallest absolute Gasteiger partial charge is 0.222 e. The number of carbonyl (C=O) groups is 1. The van der Waals surface area contributed by atoms with Gasteiger partial charge in [0.25, 0.3) is 0 Å². The van der Waals surface area contributed by atoms with Crippen LogP contribution in [0.15, 0.2) is 5.38 Å². The first kappa shape index (κ1) is 14.5. The van der Waals surface area contributed by atoms with E-state index in [1.54, 1.807) is 11.3 Å². The van der Waals surface area contributed by atoms with Gasteiger partial charge in [-0.1, -0.05) is 0 Å². The van der Waals surface area contributed by atoms with Gasteiger partial charge >= 0.3 is 0 Å². The number of thiazole rings is 1. The number of hydrogen-bond acceptors (Lipinski definition) is 4. The Morgan fingerprint density at radius 3 is 3.16 bits per heavy atom. The highest BCUT2D eigenvalue weighted by Gasteiger charge is 2.25. The van der Waals surface area contributed by atoms with Gasteiger partial charge in [-0.05, 0) is 39.8 Å². The Morgan fingerprint density at radius 1 is 1.63 bits per heavy atom.